The topological polar surface area (TPSA) is 80.4 Å². The first-order valence-electron chi connectivity index (χ1n) is 7.33. The Bertz CT molecular complexity index is 670. The van der Waals surface area contributed by atoms with E-state index in [2.05, 4.69) is 36.1 Å². The second kappa shape index (κ2) is 5.05. The molecule has 2 unspecified atom stereocenters. The molecule has 1 aliphatic rings. The Labute approximate surface area is 127 Å². The lowest BCUT2D eigenvalue weighted by Crippen LogP contribution is -2.25. The van der Waals surface area contributed by atoms with Gasteiger partial charge in [-0.1, -0.05) is 44.9 Å². The van der Waals surface area contributed by atoms with Crippen molar-refractivity contribution in [1.82, 2.24) is 19.8 Å². The highest BCUT2D eigenvalue weighted by Gasteiger charge is 2.35. The molecular weight excluding hydrogens is 288 g/mol. The minimum Gasteiger partial charge on any atom is -0.481 e. The molecule has 0 bridgehead atoms. The minimum absolute atomic E-state index is 0.00997. The second-order valence-corrected chi connectivity index (χ2v) is 7.73. The highest BCUT2D eigenvalue weighted by atomic mass is 32.1. The SMILES string of the molecule is CC(C)(C)c1nnc2sc(C3CCCCC3C(=O)O)nn12. The molecule has 6 nitrogen and oxygen atoms in total. The fourth-order valence-corrected chi connectivity index (χ4v) is 4.01. The van der Waals surface area contributed by atoms with Crippen LogP contribution in [0.25, 0.3) is 4.96 Å². The van der Waals surface area contributed by atoms with Crippen molar-refractivity contribution in [2.45, 2.75) is 57.8 Å². The Morgan fingerprint density at radius 2 is 2.00 bits per heavy atom. The number of carboxylic acid groups (broad SMARTS) is 1. The molecule has 0 aliphatic heterocycles. The average Bonchev–Trinajstić information content (AvgIpc) is 2.96. The number of rotatable bonds is 2. The molecule has 2 aromatic rings. The molecule has 1 saturated carbocycles. The fourth-order valence-electron chi connectivity index (χ4n) is 2.97. The van der Waals surface area contributed by atoms with Crippen molar-refractivity contribution in [3.63, 3.8) is 0 Å². The van der Waals surface area contributed by atoms with Crippen LogP contribution in [0.4, 0.5) is 0 Å². The van der Waals surface area contributed by atoms with E-state index in [9.17, 15) is 9.90 Å². The fraction of sp³-hybridized carbons (Fsp3) is 0.714. The van der Waals surface area contributed by atoms with Crippen molar-refractivity contribution >= 4 is 22.3 Å². The van der Waals surface area contributed by atoms with Crippen LogP contribution in [-0.2, 0) is 10.2 Å². The van der Waals surface area contributed by atoms with Crippen LogP contribution in [0, 0.1) is 5.92 Å². The molecular formula is C14H20N4O2S. The van der Waals surface area contributed by atoms with Gasteiger partial charge in [0.05, 0.1) is 5.92 Å². The van der Waals surface area contributed by atoms with Crippen LogP contribution in [0.5, 0.6) is 0 Å². The smallest absolute Gasteiger partial charge is 0.307 e. The van der Waals surface area contributed by atoms with E-state index in [1.807, 2.05) is 0 Å². The first-order valence-corrected chi connectivity index (χ1v) is 8.15. The van der Waals surface area contributed by atoms with E-state index >= 15 is 0 Å². The molecule has 0 aromatic carbocycles. The first-order chi connectivity index (χ1) is 9.88. The maximum absolute atomic E-state index is 11.5. The summed E-state index contributed by atoms with van der Waals surface area (Å²) in [6, 6.07) is 0. The number of hydrogen-bond donors (Lipinski definition) is 1. The quantitative estimate of drug-likeness (QED) is 0.922. The van der Waals surface area contributed by atoms with E-state index in [1.54, 1.807) is 4.52 Å². The molecule has 0 amide bonds. The molecule has 1 fully saturated rings. The lowest BCUT2D eigenvalue weighted by Gasteiger charge is -2.26. The first kappa shape index (κ1) is 14.4. The summed E-state index contributed by atoms with van der Waals surface area (Å²) in [5, 5.41) is 23.4. The monoisotopic (exact) mass is 308 g/mol. The normalized spacial score (nSPS) is 23.6. The van der Waals surface area contributed by atoms with Gasteiger partial charge in [0.15, 0.2) is 5.82 Å². The van der Waals surface area contributed by atoms with Crippen LogP contribution in [-0.4, -0.2) is 30.9 Å². The van der Waals surface area contributed by atoms with Crippen LogP contribution in [0.3, 0.4) is 0 Å². The van der Waals surface area contributed by atoms with Crippen molar-refractivity contribution in [2.75, 3.05) is 0 Å². The molecule has 0 saturated heterocycles. The van der Waals surface area contributed by atoms with Crippen LogP contribution in [0.15, 0.2) is 0 Å². The predicted molar refractivity (Wildman–Crippen MR) is 79.7 cm³/mol. The maximum atomic E-state index is 11.5. The van der Waals surface area contributed by atoms with Gasteiger partial charge in [0.1, 0.15) is 5.01 Å². The van der Waals surface area contributed by atoms with Gasteiger partial charge in [-0.3, -0.25) is 4.79 Å². The Balaban J connectivity index is 2.00. The third kappa shape index (κ3) is 2.54. The summed E-state index contributed by atoms with van der Waals surface area (Å²) in [6.07, 6.45) is 3.70. The summed E-state index contributed by atoms with van der Waals surface area (Å²) in [6.45, 7) is 6.22. The van der Waals surface area contributed by atoms with Gasteiger partial charge in [0, 0.05) is 11.3 Å². The van der Waals surface area contributed by atoms with Crippen molar-refractivity contribution in [1.29, 1.82) is 0 Å². The Morgan fingerprint density at radius 3 is 2.67 bits per heavy atom. The highest BCUT2D eigenvalue weighted by Crippen LogP contribution is 2.39. The number of carbonyl (C=O) groups is 1. The van der Waals surface area contributed by atoms with Gasteiger partial charge in [-0.25, -0.2) is 0 Å². The molecule has 114 valence electrons. The number of carboxylic acids is 1. The van der Waals surface area contributed by atoms with E-state index in [0.717, 1.165) is 41.5 Å². The zero-order valence-electron chi connectivity index (χ0n) is 12.5. The molecule has 1 aliphatic carbocycles. The van der Waals surface area contributed by atoms with Crippen molar-refractivity contribution in [3.05, 3.63) is 10.8 Å². The number of aromatic nitrogens is 4. The van der Waals surface area contributed by atoms with Gasteiger partial charge in [-0.15, -0.1) is 10.2 Å². The molecule has 0 spiro atoms. The summed E-state index contributed by atoms with van der Waals surface area (Å²) < 4.78 is 1.79. The Kier molecular flexibility index (Phi) is 3.47. The molecule has 0 radical (unpaired) electrons. The van der Waals surface area contributed by atoms with E-state index < -0.39 is 5.97 Å². The molecule has 2 atom stereocenters. The second-order valence-electron chi connectivity index (χ2n) is 6.74. The summed E-state index contributed by atoms with van der Waals surface area (Å²) >= 11 is 1.48. The Hall–Kier alpha value is -1.50. The third-order valence-corrected chi connectivity index (χ3v) is 5.11. The molecule has 2 heterocycles. The number of fused-ring (bicyclic) bond motifs is 1. The van der Waals surface area contributed by atoms with E-state index in [-0.39, 0.29) is 17.3 Å². The lowest BCUT2D eigenvalue weighted by atomic mass is 9.80. The highest BCUT2D eigenvalue weighted by molar-refractivity contribution is 7.16. The molecule has 1 N–H and O–H groups in total. The third-order valence-electron chi connectivity index (χ3n) is 4.08. The summed E-state index contributed by atoms with van der Waals surface area (Å²) in [5.74, 6) is -0.194. The number of hydrogen-bond acceptors (Lipinski definition) is 5. The standard InChI is InChI=1S/C14H20N4O2S/c1-14(2,3)12-15-16-13-18(12)17-10(21-13)8-6-4-5-7-9(8)11(19)20/h8-9H,4-7H2,1-3H3,(H,19,20). The van der Waals surface area contributed by atoms with Gasteiger partial charge in [0.25, 0.3) is 0 Å². The van der Waals surface area contributed by atoms with Crippen LogP contribution in [0.2, 0.25) is 0 Å². The Morgan fingerprint density at radius 1 is 1.29 bits per heavy atom. The van der Waals surface area contributed by atoms with E-state index in [4.69, 9.17) is 0 Å². The minimum atomic E-state index is -0.707. The van der Waals surface area contributed by atoms with Crippen molar-refractivity contribution in [2.24, 2.45) is 5.92 Å². The van der Waals surface area contributed by atoms with Gasteiger partial charge in [-0.2, -0.15) is 9.61 Å². The molecule has 7 heteroatoms. The van der Waals surface area contributed by atoms with Crippen LogP contribution in [0.1, 0.15) is 63.2 Å². The van der Waals surface area contributed by atoms with Gasteiger partial charge < -0.3 is 5.11 Å². The number of nitrogens with zero attached hydrogens (tertiary/aromatic N) is 4. The molecule has 3 rings (SSSR count). The van der Waals surface area contributed by atoms with Gasteiger partial charge in [0.2, 0.25) is 4.96 Å². The predicted octanol–water partition coefficient (Wildman–Crippen LogP) is 2.84. The zero-order valence-corrected chi connectivity index (χ0v) is 13.4. The van der Waals surface area contributed by atoms with Crippen molar-refractivity contribution < 1.29 is 9.90 Å². The zero-order chi connectivity index (χ0) is 15.2. The average molecular weight is 308 g/mol. The number of aliphatic carboxylic acids is 1. The van der Waals surface area contributed by atoms with E-state index in [0.29, 0.717) is 0 Å². The largest absolute Gasteiger partial charge is 0.481 e. The summed E-state index contributed by atoms with van der Waals surface area (Å²) in [5.41, 5.74) is -0.135. The molecule has 21 heavy (non-hydrogen) atoms. The molecule has 2 aromatic heterocycles. The van der Waals surface area contributed by atoms with Crippen LogP contribution < -0.4 is 0 Å². The van der Waals surface area contributed by atoms with Crippen molar-refractivity contribution in [3.8, 4) is 0 Å². The lowest BCUT2D eigenvalue weighted by molar-refractivity contribution is -0.143. The van der Waals surface area contributed by atoms with E-state index in [1.165, 1.54) is 11.3 Å². The van der Waals surface area contributed by atoms with Gasteiger partial charge in [-0.05, 0) is 12.8 Å². The van der Waals surface area contributed by atoms with Crippen LogP contribution >= 0.6 is 11.3 Å². The summed E-state index contributed by atoms with van der Waals surface area (Å²) in [4.78, 5) is 12.2. The van der Waals surface area contributed by atoms with Gasteiger partial charge >= 0.3 is 5.97 Å². The summed E-state index contributed by atoms with van der Waals surface area (Å²) in [7, 11) is 0. The maximum Gasteiger partial charge on any atom is 0.307 e.